The van der Waals surface area contributed by atoms with Crippen LogP contribution in [0, 0.1) is 10.8 Å². The second kappa shape index (κ2) is 99.7. The number of ether oxygens (including phenoxy) is 1. The first-order chi connectivity index (χ1) is 57.7. The van der Waals surface area contributed by atoms with Crippen LogP contribution in [0.4, 0.5) is 0 Å². The summed E-state index contributed by atoms with van der Waals surface area (Å²) in [6, 6.07) is 0. The number of nitrogens with one attached hydrogen (secondary N) is 8. The standard InChI is InChI=1S/C47H86N4O6S2Si.C27H58N4O5S2Si.C20H30O2.8CH4/c1-9-10-11-12-13-14-15-16-17-18-19-20-21-22-23-24-25-29-43(54)56-40-47(5,6)44(57-60(7,8)46(2,3)4)45(55)51-34-30-42(53)50-36-39-59-41-58-38-35-49-33-28-32-48-31-26-27-37-52;1-26(2,3)39(6,7)36-24(27(4,5)21-33)25(35)31-15-11-23(34)30-17-20-38-22-37-19-16-29-14-10-13-28-12-8-9-18-32;1-2-3-4-5-6-7-8-9-10-11-12-13-14-15-16-17-18-19-20(21)22;;;;;;;;/h10-11,13-14,16-17,19-20,22-23,44,48-49,52H,9,12,15,18,21,24-41H2,1-8H3,(H,50,53)(H,51,55);24,28-29,32-33H,8-22H2,1-7H3,(H,30,34)(H,31,35);3-4,6-7,9-10,12-13,15-16H,2,5,8,11,14,17-19H2,1H3,(H,21,22);8*1H4/b11-10-,14-13-,17-16-,20-19-,23-22-;;4-3-,7-6-,10-9-,13-12-,16-15-;;;;;;;;/t44-;24-;;;;;;;;;/m00........./s1. The van der Waals surface area contributed by atoms with Crippen LogP contribution in [0.15, 0.2) is 122 Å². The Morgan fingerprint density at radius 3 is 0.930 bits per heavy atom. The third kappa shape index (κ3) is 95.2. The van der Waals surface area contributed by atoms with E-state index in [4.69, 9.17) is 28.9 Å². The summed E-state index contributed by atoms with van der Waals surface area (Å²) in [4.78, 5) is 74.4. The molecule has 0 saturated carbocycles. The lowest BCUT2D eigenvalue weighted by molar-refractivity contribution is -0.152. The molecule has 27 heteroatoms. The van der Waals surface area contributed by atoms with E-state index in [0.29, 0.717) is 25.9 Å². The van der Waals surface area contributed by atoms with Gasteiger partial charge in [-0.2, -0.15) is 0 Å². The van der Waals surface area contributed by atoms with E-state index in [1.807, 2.05) is 63.0 Å². The normalized spacial score (nSPS) is 12.5. The number of thioether (sulfide) groups is 4. The van der Waals surface area contributed by atoms with E-state index >= 15 is 0 Å². The minimum Gasteiger partial charge on any atom is -0.481 e. The molecule has 0 radical (unpaired) electrons. The van der Waals surface area contributed by atoms with Gasteiger partial charge in [-0.3, -0.25) is 28.8 Å². The largest absolute Gasteiger partial charge is 0.481 e. The number of unbranched alkanes of at least 4 members (excludes halogenated alkanes) is 4. The highest BCUT2D eigenvalue weighted by Gasteiger charge is 2.47. The predicted molar refractivity (Wildman–Crippen MR) is 582 cm³/mol. The maximum Gasteiger partial charge on any atom is 0.305 e. The summed E-state index contributed by atoms with van der Waals surface area (Å²) in [5.74, 6) is 2.05. The van der Waals surface area contributed by atoms with Gasteiger partial charge in [-0.25, -0.2) is 0 Å². The molecule has 0 fully saturated rings. The molecule has 0 aromatic carbocycles. The lowest BCUT2D eigenvalue weighted by Crippen LogP contribution is -2.55. The fraction of sp³-hybridized carbons (Fsp3) is 0.745. The Kier molecular flexibility index (Phi) is 114. The second-order valence-corrected chi connectivity index (χ2v) is 48.8. The molecule has 764 valence electrons. The highest BCUT2D eigenvalue weighted by atomic mass is 32.2. The average molecular weight is 1940 g/mol. The minimum atomic E-state index is -2.38. The van der Waals surface area contributed by atoms with E-state index in [-0.39, 0.29) is 158 Å². The molecule has 0 heterocycles. The zero-order chi connectivity index (χ0) is 90.9. The second-order valence-electron chi connectivity index (χ2n) is 34.1. The van der Waals surface area contributed by atoms with Crippen molar-refractivity contribution in [3.05, 3.63) is 122 Å². The first-order valence-electron chi connectivity index (χ1n) is 45.0. The van der Waals surface area contributed by atoms with Crippen LogP contribution in [-0.4, -0.2) is 223 Å². The van der Waals surface area contributed by atoms with Crippen LogP contribution in [0.3, 0.4) is 0 Å². The number of allylic oxidation sites excluding steroid dienone is 20. The van der Waals surface area contributed by atoms with E-state index in [1.165, 1.54) is 0 Å². The van der Waals surface area contributed by atoms with E-state index in [0.717, 1.165) is 208 Å². The van der Waals surface area contributed by atoms with Crippen molar-refractivity contribution in [2.75, 3.05) is 138 Å². The summed E-state index contributed by atoms with van der Waals surface area (Å²) in [6.45, 7) is 42.8. The number of carboxylic acid groups (broad SMARTS) is 1. The summed E-state index contributed by atoms with van der Waals surface area (Å²) < 4.78 is 18.8. The average Bonchev–Trinajstić information content (AvgIpc) is 0.801. The number of hydrogen-bond donors (Lipinski definition) is 12. The molecule has 0 spiro atoms. The van der Waals surface area contributed by atoms with Crippen LogP contribution in [0.2, 0.25) is 36.3 Å². The maximum atomic E-state index is 13.7. The van der Waals surface area contributed by atoms with Crippen molar-refractivity contribution in [1.82, 2.24) is 42.5 Å². The molecule has 0 rings (SSSR count). The quantitative estimate of drug-likeness (QED) is 0.00885. The van der Waals surface area contributed by atoms with Gasteiger partial charge in [0.25, 0.3) is 0 Å². The van der Waals surface area contributed by atoms with Crippen LogP contribution in [0.5, 0.6) is 0 Å². The van der Waals surface area contributed by atoms with Crippen molar-refractivity contribution in [1.29, 1.82) is 0 Å². The molecule has 129 heavy (non-hydrogen) atoms. The van der Waals surface area contributed by atoms with Gasteiger partial charge in [-0.15, -0.1) is 47.0 Å². The molecule has 0 aliphatic rings. The molecular weight excluding hydrogens is 1730 g/mol. The van der Waals surface area contributed by atoms with Gasteiger partial charge in [0.1, 0.15) is 12.2 Å². The SMILES string of the molecule is C.C.C.C.C.C.C.C.CC(C)(CO)[C@@H](O[Si](C)(C)C(C)(C)C)C(=O)NCCC(=O)NCCSCSCCNCCCNCCCCO.CC/C=C\C/C=C\C/C=C\C/C=C\C/C=C\CCCC(=O)O.CC/C=C\C/C=C\C/C=C\C/C=C\C/C=C\CCCC(=O)OCC(C)(C)[C@@H](O[Si](C)(C)C(C)(C)C)C(=O)NCCC(=O)NCCSCSCCNCCCNCCCCO. The summed E-state index contributed by atoms with van der Waals surface area (Å²) >= 11 is 7.39. The van der Waals surface area contributed by atoms with E-state index in [2.05, 4.69) is 246 Å². The molecule has 2 atom stereocenters. The summed E-state index contributed by atoms with van der Waals surface area (Å²) in [6.07, 6.45) is 61.5. The van der Waals surface area contributed by atoms with Crippen LogP contribution < -0.4 is 42.5 Å². The van der Waals surface area contributed by atoms with Crippen molar-refractivity contribution in [3.63, 3.8) is 0 Å². The van der Waals surface area contributed by atoms with Gasteiger partial charge >= 0.3 is 11.9 Å². The van der Waals surface area contributed by atoms with E-state index in [9.17, 15) is 33.9 Å². The Morgan fingerprint density at radius 1 is 0.341 bits per heavy atom. The topological polar surface area (TPSA) is 307 Å². The van der Waals surface area contributed by atoms with E-state index < -0.39 is 45.6 Å². The lowest BCUT2D eigenvalue weighted by Gasteiger charge is -2.43. The van der Waals surface area contributed by atoms with Crippen molar-refractivity contribution in [3.8, 4) is 0 Å². The van der Waals surface area contributed by atoms with Gasteiger partial charge < -0.3 is 76.5 Å². The zero-order valence-corrected chi connectivity index (χ0v) is 83.6. The third-order valence-corrected chi connectivity index (χ3v) is 33.2. The predicted octanol–water partition coefficient (Wildman–Crippen LogP) is 23.1. The molecule has 0 aliphatic carbocycles. The van der Waals surface area contributed by atoms with Gasteiger partial charge in [0.15, 0.2) is 16.6 Å². The molecule has 0 aliphatic heterocycles. The maximum absolute atomic E-state index is 13.7. The number of aliphatic carboxylic acids is 1. The Balaban J connectivity index is -0.000000193. The Morgan fingerprint density at radius 2 is 0.628 bits per heavy atom. The Labute approximate surface area is 814 Å². The first kappa shape index (κ1) is 148. The number of esters is 1. The number of carbonyl (C=O) groups is 6. The lowest BCUT2D eigenvalue weighted by atomic mass is 9.87. The van der Waals surface area contributed by atoms with Crippen LogP contribution in [0.1, 0.15) is 297 Å². The molecule has 21 nitrogen and oxygen atoms in total. The number of aliphatic hydroxyl groups is 3. The smallest absolute Gasteiger partial charge is 0.305 e. The number of amides is 4. The summed E-state index contributed by atoms with van der Waals surface area (Å²) in [5, 5.41) is 63.0. The van der Waals surface area contributed by atoms with Gasteiger partial charge in [0.05, 0.1) is 13.2 Å². The third-order valence-electron chi connectivity index (χ3n) is 19.7. The molecule has 12 N–H and O–H groups in total. The zero-order valence-electron chi connectivity index (χ0n) is 78.3. The molecular formula is C102H206N8O13S4Si2. The minimum absolute atomic E-state index is 0. The highest BCUT2D eigenvalue weighted by molar-refractivity contribution is 8.16. The van der Waals surface area contributed by atoms with Crippen LogP contribution in [-0.2, 0) is 42.4 Å². The van der Waals surface area contributed by atoms with Gasteiger partial charge in [0, 0.05) is 122 Å². The number of rotatable bonds is 75. The Bertz CT molecular complexity index is 2900. The fourth-order valence-electron chi connectivity index (χ4n) is 10.1. The molecule has 0 unspecified atom stereocenters. The summed E-state index contributed by atoms with van der Waals surface area (Å²) in [7, 11) is -4.61. The van der Waals surface area contributed by atoms with Gasteiger partial charge in [-0.1, -0.05) is 264 Å². The van der Waals surface area contributed by atoms with E-state index in [1.54, 1.807) is 11.8 Å². The highest BCUT2D eigenvalue weighted by Crippen LogP contribution is 2.41. The fourth-order valence-corrected chi connectivity index (χ4v) is 16.7. The number of carboxylic acids is 1. The molecule has 0 aromatic rings. The van der Waals surface area contributed by atoms with Crippen molar-refractivity contribution in [2.45, 2.75) is 345 Å². The van der Waals surface area contributed by atoms with Crippen molar-refractivity contribution in [2.24, 2.45) is 10.8 Å². The van der Waals surface area contributed by atoms with Crippen molar-refractivity contribution < 1.29 is 62.8 Å². The molecule has 0 bridgehead atoms. The van der Waals surface area contributed by atoms with Crippen LogP contribution >= 0.6 is 47.0 Å². The molecule has 0 aromatic heterocycles. The number of carbonyl (C=O) groups excluding carboxylic acids is 5. The Hall–Kier alpha value is -4.31. The van der Waals surface area contributed by atoms with Crippen LogP contribution in [0.25, 0.3) is 0 Å². The summed E-state index contributed by atoms with van der Waals surface area (Å²) in [5.41, 5.74) is -1.52. The number of aliphatic hydroxyl groups excluding tert-OH is 3. The monoisotopic (exact) mass is 1940 g/mol. The number of hydrogen-bond acceptors (Lipinski definition) is 20. The van der Waals surface area contributed by atoms with Gasteiger partial charge in [0.2, 0.25) is 23.6 Å². The van der Waals surface area contributed by atoms with Gasteiger partial charge in [-0.05, 0) is 204 Å². The molecule has 0 saturated heterocycles. The first-order valence-corrected chi connectivity index (χ1v) is 55.4. The van der Waals surface area contributed by atoms with Crippen molar-refractivity contribution >= 4 is 99.2 Å². The molecule has 4 amide bonds.